The van der Waals surface area contributed by atoms with Gasteiger partial charge in [-0.05, 0) is 31.2 Å². The van der Waals surface area contributed by atoms with Crippen LogP contribution in [0.1, 0.15) is 32.4 Å². The first kappa shape index (κ1) is 13.8. The van der Waals surface area contributed by atoms with Crippen LogP contribution in [0.25, 0.3) is 5.52 Å². The molecule has 104 valence electrons. The van der Waals surface area contributed by atoms with Gasteiger partial charge in [0.1, 0.15) is 5.52 Å². The number of fused-ring (bicyclic) bond motifs is 1. The van der Waals surface area contributed by atoms with E-state index in [1.54, 1.807) is 6.20 Å². The Kier molecular flexibility index (Phi) is 4.04. The molecule has 0 unspecified atom stereocenters. The number of aromatic nitrogens is 3. The average molecular weight is 262 g/mol. The summed E-state index contributed by atoms with van der Waals surface area (Å²) < 4.78 is 1.84. The summed E-state index contributed by atoms with van der Waals surface area (Å²) in [7, 11) is 0. The molecule has 2 aromatic heterocycles. The van der Waals surface area contributed by atoms with Crippen LogP contribution < -0.4 is 5.32 Å². The van der Waals surface area contributed by atoms with Gasteiger partial charge in [0.05, 0.1) is 5.69 Å². The van der Waals surface area contributed by atoms with Crippen molar-refractivity contribution in [3.63, 3.8) is 0 Å². The van der Waals surface area contributed by atoms with Gasteiger partial charge in [-0.2, -0.15) is 5.10 Å². The van der Waals surface area contributed by atoms with E-state index in [0.717, 1.165) is 36.4 Å². The maximum absolute atomic E-state index is 9.21. The van der Waals surface area contributed by atoms with Crippen molar-refractivity contribution in [2.24, 2.45) is 5.41 Å². The summed E-state index contributed by atoms with van der Waals surface area (Å²) in [6.07, 6.45) is 5.59. The molecule has 0 atom stereocenters. The molecule has 0 saturated heterocycles. The van der Waals surface area contributed by atoms with Crippen molar-refractivity contribution in [2.75, 3.05) is 18.5 Å². The van der Waals surface area contributed by atoms with Crippen molar-refractivity contribution in [1.29, 1.82) is 0 Å². The molecule has 0 aromatic carbocycles. The minimum atomic E-state index is -0.00564. The van der Waals surface area contributed by atoms with Gasteiger partial charge in [0.2, 0.25) is 0 Å². The Balaban J connectivity index is 1.95. The van der Waals surface area contributed by atoms with Crippen molar-refractivity contribution in [2.45, 2.75) is 33.6 Å². The van der Waals surface area contributed by atoms with Crippen molar-refractivity contribution >= 4 is 11.3 Å². The molecule has 2 N–H and O–H groups in total. The number of aliphatic hydroxyl groups is 1. The molecule has 0 amide bonds. The standard InChI is InChI=1S/C14H22N4O/c1-11-9-12-13(16-7-8-18(12)17-11)15-6-4-5-14(2,3)10-19/h7-9,19H,4-6,10H2,1-3H3,(H,15,16). The number of nitrogens with one attached hydrogen (secondary N) is 1. The van der Waals surface area contributed by atoms with E-state index in [1.165, 1.54) is 0 Å². The molecule has 0 aliphatic heterocycles. The van der Waals surface area contributed by atoms with Crippen LogP contribution >= 0.6 is 0 Å². The van der Waals surface area contributed by atoms with E-state index < -0.39 is 0 Å². The van der Waals surface area contributed by atoms with Crippen molar-refractivity contribution < 1.29 is 5.11 Å². The summed E-state index contributed by atoms with van der Waals surface area (Å²) in [4.78, 5) is 4.35. The highest BCUT2D eigenvalue weighted by molar-refractivity contribution is 5.67. The Hall–Kier alpha value is -1.62. The number of anilines is 1. The van der Waals surface area contributed by atoms with E-state index >= 15 is 0 Å². The molecule has 2 aromatic rings. The second kappa shape index (κ2) is 5.57. The Morgan fingerprint density at radius 3 is 2.95 bits per heavy atom. The smallest absolute Gasteiger partial charge is 0.152 e. The van der Waals surface area contributed by atoms with Gasteiger partial charge < -0.3 is 10.4 Å². The van der Waals surface area contributed by atoms with Crippen LogP contribution in [0, 0.1) is 12.3 Å². The van der Waals surface area contributed by atoms with E-state index in [0.29, 0.717) is 0 Å². The first-order valence-electron chi connectivity index (χ1n) is 6.67. The number of hydrogen-bond acceptors (Lipinski definition) is 4. The molecule has 0 bridgehead atoms. The van der Waals surface area contributed by atoms with Crippen LogP contribution in [0.15, 0.2) is 18.5 Å². The maximum Gasteiger partial charge on any atom is 0.152 e. The predicted molar refractivity (Wildman–Crippen MR) is 76.3 cm³/mol. The molecule has 0 spiro atoms. The lowest BCUT2D eigenvalue weighted by atomic mass is 9.89. The monoisotopic (exact) mass is 262 g/mol. The van der Waals surface area contributed by atoms with Gasteiger partial charge in [0.15, 0.2) is 5.82 Å². The molecule has 19 heavy (non-hydrogen) atoms. The summed E-state index contributed by atoms with van der Waals surface area (Å²) in [5.41, 5.74) is 1.98. The highest BCUT2D eigenvalue weighted by Gasteiger charge is 2.15. The van der Waals surface area contributed by atoms with Crippen molar-refractivity contribution in [3.05, 3.63) is 24.2 Å². The molecule has 0 saturated carbocycles. The number of nitrogens with zero attached hydrogens (tertiary/aromatic N) is 3. The van der Waals surface area contributed by atoms with Gasteiger partial charge in [-0.3, -0.25) is 0 Å². The molecular formula is C14H22N4O. The zero-order chi connectivity index (χ0) is 13.9. The normalized spacial score (nSPS) is 12.0. The van der Waals surface area contributed by atoms with E-state index in [-0.39, 0.29) is 12.0 Å². The van der Waals surface area contributed by atoms with Gasteiger partial charge in [-0.15, -0.1) is 0 Å². The third-order valence-electron chi connectivity index (χ3n) is 3.26. The Labute approximate surface area is 113 Å². The van der Waals surface area contributed by atoms with E-state index in [1.807, 2.05) is 23.7 Å². The quantitative estimate of drug-likeness (QED) is 0.784. The Morgan fingerprint density at radius 2 is 2.21 bits per heavy atom. The molecule has 0 fully saturated rings. The van der Waals surface area contributed by atoms with Crippen molar-refractivity contribution in [1.82, 2.24) is 14.6 Å². The number of aryl methyl sites for hydroxylation is 1. The summed E-state index contributed by atoms with van der Waals surface area (Å²) in [5.74, 6) is 0.866. The van der Waals surface area contributed by atoms with Crippen LogP contribution in [0.5, 0.6) is 0 Å². The van der Waals surface area contributed by atoms with E-state index in [2.05, 4.69) is 29.2 Å². The maximum atomic E-state index is 9.21. The second-order valence-corrected chi connectivity index (χ2v) is 5.74. The molecule has 5 nitrogen and oxygen atoms in total. The third kappa shape index (κ3) is 3.44. The van der Waals surface area contributed by atoms with Crippen LogP contribution in [0.2, 0.25) is 0 Å². The third-order valence-corrected chi connectivity index (χ3v) is 3.26. The molecule has 5 heteroatoms. The molecule has 2 rings (SSSR count). The minimum absolute atomic E-state index is 0.00564. The predicted octanol–water partition coefficient (Wildman–Crippen LogP) is 2.25. The Bertz CT molecular complexity index is 547. The second-order valence-electron chi connectivity index (χ2n) is 5.74. The fraction of sp³-hybridized carbons (Fsp3) is 0.571. The summed E-state index contributed by atoms with van der Waals surface area (Å²) in [6.45, 7) is 7.20. The topological polar surface area (TPSA) is 62.5 Å². The van der Waals surface area contributed by atoms with Gasteiger partial charge >= 0.3 is 0 Å². The van der Waals surface area contributed by atoms with Crippen LogP contribution in [-0.4, -0.2) is 32.9 Å². The lowest BCUT2D eigenvalue weighted by Gasteiger charge is -2.21. The first-order valence-corrected chi connectivity index (χ1v) is 6.67. The highest BCUT2D eigenvalue weighted by Crippen LogP contribution is 2.21. The zero-order valence-electron chi connectivity index (χ0n) is 11.8. The fourth-order valence-corrected chi connectivity index (χ4v) is 2.03. The average Bonchev–Trinajstić information content (AvgIpc) is 2.75. The van der Waals surface area contributed by atoms with Gasteiger partial charge in [0.25, 0.3) is 0 Å². The number of hydrogen-bond donors (Lipinski definition) is 2. The molecule has 2 heterocycles. The lowest BCUT2D eigenvalue weighted by Crippen LogP contribution is -2.18. The van der Waals surface area contributed by atoms with Crippen LogP contribution in [-0.2, 0) is 0 Å². The fourth-order valence-electron chi connectivity index (χ4n) is 2.03. The van der Waals surface area contributed by atoms with Crippen molar-refractivity contribution in [3.8, 4) is 0 Å². The Morgan fingerprint density at radius 1 is 1.42 bits per heavy atom. The largest absolute Gasteiger partial charge is 0.396 e. The van der Waals surface area contributed by atoms with E-state index in [4.69, 9.17) is 0 Å². The highest BCUT2D eigenvalue weighted by atomic mass is 16.3. The summed E-state index contributed by atoms with van der Waals surface area (Å²) in [5, 5.41) is 16.9. The SMILES string of the molecule is Cc1cc2c(NCCCC(C)(C)CO)nccn2n1. The number of aliphatic hydroxyl groups excluding tert-OH is 1. The minimum Gasteiger partial charge on any atom is -0.396 e. The molecule has 0 radical (unpaired) electrons. The van der Waals surface area contributed by atoms with Crippen LogP contribution in [0.3, 0.4) is 0 Å². The van der Waals surface area contributed by atoms with Crippen LogP contribution in [0.4, 0.5) is 5.82 Å². The van der Waals surface area contributed by atoms with E-state index in [9.17, 15) is 5.11 Å². The van der Waals surface area contributed by atoms with Gasteiger partial charge in [-0.25, -0.2) is 9.50 Å². The molecule has 0 aliphatic rings. The summed E-state index contributed by atoms with van der Waals surface area (Å²) in [6, 6.07) is 2.02. The zero-order valence-corrected chi connectivity index (χ0v) is 11.8. The number of rotatable bonds is 6. The first-order chi connectivity index (χ1) is 9.02. The lowest BCUT2D eigenvalue weighted by molar-refractivity contribution is 0.149. The summed E-state index contributed by atoms with van der Waals surface area (Å²) >= 11 is 0. The van der Waals surface area contributed by atoms with Gasteiger partial charge in [-0.1, -0.05) is 13.8 Å². The molecular weight excluding hydrogens is 240 g/mol. The van der Waals surface area contributed by atoms with Gasteiger partial charge in [0, 0.05) is 25.5 Å². The molecule has 0 aliphatic carbocycles.